The minimum absolute atomic E-state index is 0.249. The van der Waals surface area contributed by atoms with Crippen molar-refractivity contribution in [2.45, 2.75) is 20.0 Å². The van der Waals surface area contributed by atoms with Gasteiger partial charge in [0.05, 0.1) is 7.11 Å². The number of alkyl carbamates (subject to hydrolysis) is 1. The van der Waals surface area contributed by atoms with Gasteiger partial charge in [-0.15, -0.1) is 0 Å². The van der Waals surface area contributed by atoms with Crippen LogP contribution in [0.4, 0.5) is 4.79 Å². The van der Waals surface area contributed by atoms with Gasteiger partial charge in [-0.2, -0.15) is 0 Å². The standard InChI is InChI=1S/C13H20N2O3/c1-10-8-11(4-5-12(10)17-2)9-18-13(16)15-7-3-6-14/h4-5,8H,3,6-7,9,14H2,1-2H3,(H,15,16). The molecule has 1 rings (SSSR count). The molecule has 5 heteroatoms. The van der Waals surface area contributed by atoms with Crippen molar-refractivity contribution in [2.24, 2.45) is 5.73 Å². The van der Waals surface area contributed by atoms with Gasteiger partial charge in [-0.25, -0.2) is 4.79 Å². The highest BCUT2D eigenvalue weighted by Crippen LogP contribution is 2.18. The summed E-state index contributed by atoms with van der Waals surface area (Å²) in [7, 11) is 1.63. The number of benzene rings is 1. The Morgan fingerprint density at radius 2 is 2.22 bits per heavy atom. The van der Waals surface area contributed by atoms with E-state index in [2.05, 4.69) is 5.32 Å². The fourth-order valence-electron chi connectivity index (χ4n) is 1.52. The van der Waals surface area contributed by atoms with Crippen LogP contribution in [-0.4, -0.2) is 26.3 Å². The fraction of sp³-hybridized carbons (Fsp3) is 0.462. The van der Waals surface area contributed by atoms with Gasteiger partial charge in [-0.3, -0.25) is 0 Å². The predicted octanol–water partition coefficient (Wildman–Crippen LogP) is 1.58. The normalized spacial score (nSPS) is 9.94. The van der Waals surface area contributed by atoms with E-state index in [0.29, 0.717) is 13.1 Å². The number of nitrogens with one attached hydrogen (secondary N) is 1. The van der Waals surface area contributed by atoms with Crippen LogP contribution in [0.5, 0.6) is 5.75 Å². The Balaban J connectivity index is 2.39. The summed E-state index contributed by atoms with van der Waals surface area (Å²) in [4.78, 5) is 11.3. The summed E-state index contributed by atoms with van der Waals surface area (Å²) in [6.45, 7) is 3.29. The predicted molar refractivity (Wildman–Crippen MR) is 69.6 cm³/mol. The lowest BCUT2D eigenvalue weighted by atomic mass is 10.1. The number of carbonyl (C=O) groups excluding carboxylic acids is 1. The van der Waals surface area contributed by atoms with Crippen LogP contribution in [0.3, 0.4) is 0 Å². The number of methoxy groups -OCH3 is 1. The lowest BCUT2D eigenvalue weighted by Crippen LogP contribution is -2.26. The van der Waals surface area contributed by atoms with E-state index in [9.17, 15) is 4.79 Å². The molecule has 0 heterocycles. The summed E-state index contributed by atoms with van der Waals surface area (Å²) in [5, 5.41) is 2.63. The molecule has 0 bridgehead atoms. The highest BCUT2D eigenvalue weighted by Gasteiger charge is 2.04. The molecule has 0 fully saturated rings. The van der Waals surface area contributed by atoms with Crippen LogP contribution in [0.2, 0.25) is 0 Å². The Morgan fingerprint density at radius 3 is 2.83 bits per heavy atom. The number of rotatable bonds is 6. The van der Waals surface area contributed by atoms with Gasteiger partial charge >= 0.3 is 6.09 Å². The van der Waals surface area contributed by atoms with Crippen molar-refractivity contribution < 1.29 is 14.3 Å². The third-order valence-corrected chi connectivity index (χ3v) is 2.48. The largest absolute Gasteiger partial charge is 0.496 e. The minimum Gasteiger partial charge on any atom is -0.496 e. The molecule has 0 saturated carbocycles. The molecule has 18 heavy (non-hydrogen) atoms. The third kappa shape index (κ3) is 4.63. The molecule has 3 N–H and O–H groups in total. The van der Waals surface area contributed by atoms with Crippen molar-refractivity contribution in [3.05, 3.63) is 29.3 Å². The first kappa shape index (κ1) is 14.3. The van der Waals surface area contributed by atoms with E-state index in [1.165, 1.54) is 0 Å². The molecule has 0 aliphatic rings. The highest BCUT2D eigenvalue weighted by atomic mass is 16.5. The van der Waals surface area contributed by atoms with Gasteiger partial charge in [0.15, 0.2) is 0 Å². The van der Waals surface area contributed by atoms with Crippen LogP contribution < -0.4 is 15.8 Å². The first-order valence-electron chi connectivity index (χ1n) is 5.91. The molecule has 0 unspecified atom stereocenters. The van der Waals surface area contributed by atoms with Crippen LogP contribution in [0.25, 0.3) is 0 Å². The number of hydrogen-bond acceptors (Lipinski definition) is 4. The van der Waals surface area contributed by atoms with Crippen molar-refractivity contribution >= 4 is 6.09 Å². The second-order valence-electron chi connectivity index (χ2n) is 3.95. The molecule has 0 aliphatic heterocycles. The number of hydrogen-bond donors (Lipinski definition) is 2. The van der Waals surface area contributed by atoms with Gasteiger partial charge in [0.2, 0.25) is 0 Å². The molecule has 0 spiro atoms. The SMILES string of the molecule is COc1ccc(COC(=O)NCCCN)cc1C. The Bertz CT molecular complexity index is 394. The lowest BCUT2D eigenvalue weighted by Gasteiger charge is -2.09. The molecule has 1 aromatic rings. The molecule has 0 aromatic heterocycles. The Morgan fingerprint density at radius 1 is 1.44 bits per heavy atom. The molecule has 1 aromatic carbocycles. The van der Waals surface area contributed by atoms with E-state index in [0.717, 1.165) is 23.3 Å². The molecule has 0 radical (unpaired) electrons. The summed E-state index contributed by atoms with van der Waals surface area (Å²) >= 11 is 0. The number of ether oxygens (including phenoxy) is 2. The van der Waals surface area contributed by atoms with Gasteiger partial charge in [0, 0.05) is 6.54 Å². The molecule has 100 valence electrons. The van der Waals surface area contributed by atoms with Crippen LogP contribution in [0.1, 0.15) is 17.5 Å². The van der Waals surface area contributed by atoms with Gasteiger partial charge in [-0.1, -0.05) is 6.07 Å². The number of nitrogens with two attached hydrogens (primary N) is 1. The van der Waals surface area contributed by atoms with Gasteiger partial charge < -0.3 is 20.5 Å². The van der Waals surface area contributed by atoms with Crippen molar-refractivity contribution in [1.82, 2.24) is 5.32 Å². The van der Waals surface area contributed by atoms with Crippen molar-refractivity contribution in [2.75, 3.05) is 20.2 Å². The molecular weight excluding hydrogens is 232 g/mol. The van der Waals surface area contributed by atoms with Crippen molar-refractivity contribution in [3.63, 3.8) is 0 Å². The van der Waals surface area contributed by atoms with E-state index in [4.69, 9.17) is 15.2 Å². The number of amides is 1. The second kappa shape index (κ2) is 7.55. The first-order valence-corrected chi connectivity index (χ1v) is 5.91. The van der Waals surface area contributed by atoms with Gasteiger partial charge in [0.1, 0.15) is 12.4 Å². The molecule has 5 nitrogen and oxygen atoms in total. The van der Waals surface area contributed by atoms with E-state index in [1.54, 1.807) is 7.11 Å². The zero-order valence-corrected chi connectivity index (χ0v) is 10.9. The average molecular weight is 252 g/mol. The van der Waals surface area contributed by atoms with E-state index >= 15 is 0 Å². The van der Waals surface area contributed by atoms with Crippen LogP contribution in [-0.2, 0) is 11.3 Å². The summed E-state index contributed by atoms with van der Waals surface area (Å²) in [6, 6.07) is 5.67. The Kier molecular flexibility index (Phi) is 6.00. The number of carbonyl (C=O) groups is 1. The van der Waals surface area contributed by atoms with E-state index < -0.39 is 6.09 Å². The topological polar surface area (TPSA) is 73.6 Å². The summed E-state index contributed by atoms with van der Waals surface area (Å²) in [6.07, 6.45) is 0.327. The fourth-order valence-corrected chi connectivity index (χ4v) is 1.52. The Hall–Kier alpha value is -1.75. The summed E-state index contributed by atoms with van der Waals surface area (Å²) in [5.74, 6) is 0.825. The molecular formula is C13H20N2O3. The zero-order chi connectivity index (χ0) is 13.4. The van der Waals surface area contributed by atoms with Gasteiger partial charge in [0.25, 0.3) is 0 Å². The molecule has 0 aliphatic carbocycles. The van der Waals surface area contributed by atoms with Crippen molar-refractivity contribution in [3.8, 4) is 5.75 Å². The molecule has 0 saturated heterocycles. The smallest absolute Gasteiger partial charge is 0.407 e. The van der Waals surface area contributed by atoms with Gasteiger partial charge in [-0.05, 0) is 43.1 Å². The van der Waals surface area contributed by atoms with Crippen molar-refractivity contribution in [1.29, 1.82) is 0 Å². The zero-order valence-electron chi connectivity index (χ0n) is 10.9. The van der Waals surface area contributed by atoms with E-state index in [1.807, 2.05) is 25.1 Å². The monoisotopic (exact) mass is 252 g/mol. The quantitative estimate of drug-likeness (QED) is 0.754. The van der Waals surface area contributed by atoms with E-state index in [-0.39, 0.29) is 6.61 Å². The first-order chi connectivity index (χ1) is 8.67. The van der Waals surface area contributed by atoms with Crippen LogP contribution in [0.15, 0.2) is 18.2 Å². The van der Waals surface area contributed by atoms with Crippen LogP contribution >= 0.6 is 0 Å². The maximum Gasteiger partial charge on any atom is 0.407 e. The number of aryl methyl sites for hydroxylation is 1. The second-order valence-corrected chi connectivity index (χ2v) is 3.95. The minimum atomic E-state index is -0.420. The Labute approximate surface area is 107 Å². The van der Waals surface area contributed by atoms with Crippen LogP contribution in [0, 0.1) is 6.92 Å². The summed E-state index contributed by atoms with van der Waals surface area (Å²) < 4.78 is 10.2. The highest BCUT2D eigenvalue weighted by molar-refractivity contribution is 5.67. The maximum absolute atomic E-state index is 11.3. The summed E-state index contributed by atoms with van der Waals surface area (Å²) in [5.41, 5.74) is 7.27. The lowest BCUT2D eigenvalue weighted by molar-refractivity contribution is 0.139. The third-order valence-electron chi connectivity index (χ3n) is 2.48. The average Bonchev–Trinajstić information content (AvgIpc) is 2.37. The molecule has 0 atom stereocenters. The molecule has 1 amide bonds. The maximum atomic E-state index is 11.3.